The summed E-state index contributed by atoms with van der Waals surface area (Å²) in [6.45, 7) is 14.0. The van der Waals surface area contributed by atoms with E-state index in [9.17, 15) is 15.0 Å². The number of carbonyl (C=O) groups is 1. The molecule has 10 atom stereocenters. The topological polar surface area (TPSA) is 66.8 Å². The predicted molar refractivity (Wildman–Crippen MR) is 156 cm³/mol. The zero-order chi connectivity index (χ0) is 28.2. The number of aliphatic hydroxyl groups is 2. The molecule has 214 valence electrons. The van der Waals surface area contributed by atoms with Crippen molar-refractivity contribution in [3.8, 4) is 0 Å². The monoisotopic (exact) mass is 534 g/mol. The molecule has 1 aromatic rings. The number of esters is 1. The average molecular weight is 535 g/mol. The van der Waals surface area contributed by atoms with Gasteiger partial charge in [-0.2, -0.15) is 0 Å². The molecule has 4 aliphatic rings. The van der Waals surface area contributed by atoms with E-state index in [4.69, 9.17) is 4.74 Å². The highest BCUT2D eigenvalue weighted by molar-refractivity contribution is 5.89. The molecule has 0 aliphatic heterocycles. The minimum atomic E-state index is -1.28. The average Bonchev–Trinajstić information content (AvgIpc) is 3.26. The normalized spacial score (nSPS) is 41.4. The molecular formula is C35H50O4. The Bertz CT molecular complexity index is 1110. The Morgan fingerprint density at radius 2 is 1.69 bits per heavy atom. The second-order valence-corrected chi connectivity index (χ2v) is 14.3. The molecule has 1 aromatic carbocycles. The van der Waals surface area contributed by atoms with Crippen LogP contribution in [0.2, 0.25) is 0 Å². The summed E-state index contributed by atoms with van der Waals surface area (Å²) in [7, 11) is 0. The van der Waals surface area contributed by atoms with Gasteiger partial charge in [0.1, 0.15) is 11.7 Å². The minimum absolute atomic E-state index is 0.196. The van der Waals surface area contributed by atoms with Gasteiger partial charge in [0.2, 0.25) is 0 Å². The van der Waals surface area contributed by atoms with E-state index in [2.05, 4.69) is 59.8 Å². The molecule has 0 spiro atoms. The summed E-state index contributed by atoms with van der Waals surface area (Å²) < 4.78 is 6.17. The number of aliphatic hydroxyl groups excluding tert-OH is 1. The number of ether oxygens (including phenoxy) is 1. The first-order chi connectivity index (χ1) is 18.4. The zero-order valence-electron chi connectivity index (χ0n) is 24.9. The van der Waals surface area contributed by atoms with Crippen LogP contribution in [0.25, 0.3) is 0 Å². The molecule has 0 radical (unpaired) electrons. The molecule has 4 heteroatoms. The molecule has 0 unspecified atom stereocenters. The lowest BCUT2D eigenvalue weighted by Gasteiger charge is -2.62. The van der Waals surface area contributed by atoms with Crippen molar-refractivity contribution in [1.82, 2.24) is 0 Å². The third-order valence-electron chi connectivity index (χ3n) is 12.0. The lowest BCUT2D eigenvalue weighted by molar-refractivity contribution is -0.210. The largest absolute Gasteiger partial charge is 0.451 e. The highest BCUT2D eigenvalue weighted by Gasteiger charge is 2.66. The molecule has 2 N–H and O–H groups in total. The minimum Gasteiger partial charge on any atom is -0.451 e. The summed E-state index contributed by atoms with van der Waals surface area (Å²) in [6, 6.07) is 9.06. The fraction of sp³-hybridized carbons (Fsp3) is 0.686. The summed E-state index contributed by atoms with van der Waals surface area (Å²) in [4.78, 5) is 13.2. The van der Waals surface area contributed by atoms with Crippen LogP contribution in [0.4, 0.5) is 0 Å². The summed E-state index contributed by atoms with van der Waals surface area (Å²) in [5, 5.41) is 23.0. The van der Waals surface area contributed by atoms with Gasteiger partial charge in [0.15, 0.2) is 0 Å². The van der Waals surface area contributed by atoms with Crippen molar-refractivity contribution in [2.75, 3.05) is 0 Å². The van der Waals surface area contributed by atoms with Crippen molar-refractivity contribution in [3.05, 3.63) is 59.7 Å². The maximum atomic E-state index is 13.2. The van der Waals surface area contributed by atoms with Crippen molar-refractivity contribution < 1.29 is 19.7 Å². The first-order valence-corrected chi connectivity index (χ1v) is 15.5. The SMILES string of the molecule is CC(C)[C@@H](C)/C=C/[C@@H](C)[C@@H]1CC[C@@H]2C3=C[C@H](OC(=O)c4ccccc4)[C@]4(O)C[C@H](O)CC[C@@]4(C)[C@H]3CC[C@@]21C. The molecule has 4 aliphatic carbocycles. The fourth-order valence-electron chi connectivity index (χ4n) is 9.02. The van der Waals surface area contributed by atoms with Crippen molar-refractivity contribution >= 4 is 5.97 Å². The van der Waals surface area contributed by atoms with Gasteiger partial charge in [-0.05, 0) is 97.7 Å². The Morgan fingerprint density at radius 3 is 2.38 bits per heavy atom. The Hall–Kier alpha value is -1.91. The van der Waals surface area contributed by atoms with Crippen molar-refractivity contribution in [2.45, 2.75) is 104 Å². The number of allylic oxidation sites excluding steroid dienone is 3. The van der Waals surface area contributed by atoms with Gasteiger partial charge in [0, 0.05) is 11.8 Å². The van der Waals surface area contributed by atoms with Crippen LogP contribution in [0.1, 0.15) is 96.8 Å². The third-order valence-corrected chi connectivity index (χ3v) is 12.0. The van der Waals surface area contributed by atoms with E-state index in [1.807, 2.05) is 18.2 Å². The predicted octanol–water partition coefficient (Wildman–Crippen LogP) is 7.36. The van der Waals surface area contributed by atoms with Gasteiger partial charge in [0.05, 0.1) is 11.7 Å². The van der Waals surface area contributed by atoms with Crippen molar-refractivity contribution in [3.63, 3.8) is 0 Å². The van der Waals surface area contributed by atoms with Gasteiger partial charge in [-0.15, -0.1) is 0 Å². The summed E-state index contributed by atoms with van der Waals surface area (Å²) in [5.41, 5.74) is 0.382. The second kappa shape index (κ2) is 10.5. The van der Waals surface area contributed by atoms with Crippen LogP contribution >= 0.6 is 0 Å². The zero-order valence-corrected chi connectivity index (χ0v) is 24.9. The van der Waals surface area contributed by atoms with Crippen molar-refractivity contribution in [1.29, 1.82) is 0 Å². The number of fused-ring (bicyclic) bond motifs is 5. The molecule has 5 rings (SSSR count). The van der Waals surface area contributed by atoms with Crippen LogP contribution < -0.4 is 0 Å². The molecule has 3 saturated carbocycles. The van der Waals surface area contributed by atoms with Crippen LogP contribution in [0.5, 0.6) is 0 Å². The Kier molecular flexibility index (Phi) is 7.70. The second-order valence-electron chi connectivity index (χ2n) is 14.3. The van der Waals surface area contributed by atoms with Crippen LogP contribution in [0.3, 0.4) is 0 Å². The molecule has 39 heavy (non-hydrogen) atoms. The maximum absolute atomic E-state index is 13.2. The number of hydrogen-bond acceptors (Lipinski definition) is 4. The standard InChI is InChI=1S/C35H50O4/c1-22(2)23(3)12-13-24(4)28-14-15-29-27-20-31(39-32(37)25-10-8-7-9-11-25)35(38)21-26(36)16-19-34(35,6)30(27)17-18-33(28,29)5/h7-13,20,22-24,26,28-31,36,38H,14-19,21H2,1-6H3/b13-12+/t23-,24+,26+,28-,29+,30-,31-,33+,34-,35+/m0/s1. The van der Waals surface area contributed by atoms with Gasteiger partial charge in [-0.3, -0.25) is 0 Å². The molecule has 0 saturated heterocycles. The molecule has 3 fully saturated rings. The van der Waals surface area contributed by atoms with Gasteiger partial charge in [-0.25, -0.2) is 4.79 Å². The fourth-order valence-corrected chi connectivity index (χ4v) is 9.02. The van der Waals surface area contributed by atoms with Gasteiger partial charge in [0.25, 0.3) is 0 Å². The quantitative estimate of drug-likeness (QED) is 0.296. The van der Waals surface area contributed by atoms with Crippen LogP contribution in [-0.2, 0) is 4.74 Å². The molecule has 0 aromatic heterocycles. The Labute approximate surface area is 235 Å². The number of hydrogen-bond donors (Lipinski definition) is 2. The van der Waals surface area contributed by atoms with E-state index in [1.165, 1.54) is 12.0 Å². The number of benzene rings is 1. The lowest BCUT2D eigenvalue weighted by Crippen LogP contribution is -2.66. The van der Waals surface area contributed by atoms with E-state index < -0.39 is 29.2 Å². The number of rotatable bonds is 6. The summed E-state index contributed by atoms with van der Waals surface area (Å²) >= 11 is 0. The summed E-state index contributed by atoms with van der Waals surface area (Å²) in [6.07, 6.45) is 11.9. The Balaban J connectivity index is 1.49. The van der Waals surface area contributed by atoms with Gasteiger partial charge < -0.3 is 14.9 Å². The van der Waals surface area contributed by atoms with E-state index in [0.717, 1.165) is 25.7 Å². The first kappa shape index (κ1) is 28.6. The summed E-state index contributed by atoms with van der Waals surface area (Å²) in [5.74, 6) is 2.64. The highest BCUT2D eigenvalue weighted by atomic mass is 16.6. The number of carbonyl (C=O) groups excluding carboxylic acids is 1. The molecular weight excluding hydrogens is 484 g/mol. The van der Waals surface area contributed by atoms with Gasteiger partial charge >= 0.3 is 5.97 Å². The smallest absolute Gasteiger partial charge is 0.338 e. The van der Waals surface area contributed by atoms with E-state index in [-0.39, 0.29) is 17.8 Å². The van der Waals surface area contributed by atoms with Crippen LogP contribution in [0, 0.1) is 46.3 Å². The van der Waals surface area contributed by atoms with Crippen LogP contribution in [0.15, 0.2) is 54.1 Å². The van der Waals surface area contributed by atoms with E-state index in [1.54, 1.807) is 12.1 Å². The molecule has 0 heterocycles. The highest BCUT2D eigenvalue weighted by Crippen LogP contribution is 2.67. The third kappa shape index (κ3) is 4.74. The van der Waals surface area contributed by atoms with E-state index >= 15 is 0 Å². The van der Waals surface area contributed by atoms with E-state index in [0.29, 0.717) is 41.6 Å². The molecule has 0 bridgehead atoms. The lowest BCUT2D eigenvalue weighted by atomic mass is 9.45. The van der Waals surface area contributed by atoms with Crippen LogP contribution in [-0.4, -0.2) is 34.0 Å². The van der Waals surface area contributed by atoms with Crippen molar-refractivity contribution in [2.24, 2.45) is 46.3 Å². The first-order valence-electron chi connectivity index (χ1n) is 15.5. The maximum Gasteiger partial charge on any atom is 0.338 e. The molecule has 0 amide bonds. The Morgan fingerprint density at radius 1 is 0.974 bits per heavy atom. The van der Waals surface area contributed by atoms with Gasteiger partial charge in [-0.1, -0.05) is 77.5 Å². The molecule has 4 nitrogen and oxygen atoms in total.